The van der Waals surface area contributed by atoms with Gasteiger partial charge in [0, 0.05) is 0 Å². The zero-order chi connectivity index (χ0) is 26.4. The third kappa shape index (κ3) is 7.52. The molecular weight excluding hydrogens is 512 g/mol. The van der Waals surface area contributed by atoms with Crippen molar-refractivity contribution < 1.29 is 74.4 Å². The highest BCUT2D eigenvalue weighted by atomic mass is 32.2. The van der Waals surface area contributed by atoms with Gasteiger partial charge >= 0.3 is 56.1 Å². The summed E-state index contributed by atoms with van der Waals surface area (Å²) in [6.45, 7) is 0. The Bertz CT molecular complexity index is 1130. The summed E-state index contributed by atoms with van der Waals surface area (Å²) in [5.74, 6) is -11.2. The minimum absolute atomic E-state index is 0.600. The molecule has 0 aliphatic carbocycles. The lowest BCUT2D eigenvalue weighted by atomic mass is 10.1. The summed E-state index contributed by atoms with van der Waals surface area (Å²) in [6.07, 6.45) is -2.83. The molecular formula is C16H14O16S2. The molecule has 18 heteroatoms. The van der Waals surface area contributed by atoms with Gasteiger partial charge in [-0.25, -0.2) is 9.59 Å². The Labute approximate surface area is 189 Å². The van der Waals surface area contributed by atoms with Crippen molar-refractivity contribution in [1.29, 1.82) is 0 Å². The highest BCUT2D eigenvalue weighted by molar-refractivity contribution is 7.88. The van der Waals surface area contributed by atoms with Gasteiger partial charge < -0.3 is 28.8 Å². The van der Waals surface area contributed by atoms with Gasteiger partial charge in [0.25, 0.3) is 0 Å². The van der Waals surface area contributed by atoms with E-state index in [1.165, 1.54) is 0 Å². The summed E-state index contributed by atoms with van der Waals surface area (Å²) in [5.41, 5.74) is -1.20. The van der Waals surface area contributed by atoms with Crippen LogP contribution in [-0.4, -0.2) is 83.6 Å². The Morgan fingerprint density at radius 1 is 0.618 bits per heavy atom. The van der Waals surface area contributed by atoms with Crippen LogP contribution in [0.2, 0.25) is 0 Å². The number of hydrogen-bond donors (Lipinski definition) is 4. The predicted octanol–water partition coefficient (Wildman–Crippen LogP) is -1.48. The van der Waals surface area contributed by atoms with Crippen LogP contribution in [0.15, 0.2) is 24.3 Å². The topological polar surface area (TPSA) is 270 Å². The highest BCUT2D eigenvalue weighted by Crippen LogP contribution is 2.16. The molecule has 2 atom stereocenters. The summed E-state index contributed by atoms with van der Waals surface area (Å²) >= 11 is 0. The average Bonchev–Trinajstić information content (AvgIpc) is 2.68. The number of benzene rings is 1. The van der Waals surface area contributed by atoms with Crippen LogP contribution < -0.4 is 0 Å². The minimum Gasteiger partial charge on any atom is -0.481 e. The average molecular weight is 526 g/mol. The van der Waals surface area contributed by atoms with Gasteiger partial charge in [-0.3, -0.25) is 19.2 Å². The van der Waals surface area contributed by atoms with E-state index in [2.05, 4.69) is 8.37 Å². The Hall–Kier alpha value is -4.06. The molecule has 0 saturated carbocycles. The first-order valence-corrected chi connectivity index (χ1v) is 11.4. The Morgan fingerprint density at radius 2 is 0.882 bits per heavy atom. The normalized spacial score (nSPS) is 13.2. The molecule has 1 aromatic carbocycles. The number of carboxylic acid groups (broad SMARTS) is 4. The summed E-state index contributed by atoms with van der Waals surface area (Å²) in [6, 6.07) is 2.89. The maximum Gasteiger partial charge on any atom is 0.353 e. The van der Waals surface area contributed by atoms with Crippen LogP contribution in [0.4, 0.5) is 0 Å². The molecule has 186 valence electrons. The molecule has 0 spiro atoms. The second-order valence-electron chi connectivity index (χ2n) is 6.15. The zero-order valence-corrected chi connectivity index (χ0v) is 18.0. The maximum atomic E-state index is 12.0. The first kappa shape index (κ1) is 28.0. The van der Waals surface area contributed by atoms with Gasteiger partial charge in [0.15, 0.2) is 0 Å². The van der Waals surface area contributed by atoms with Crippen LogP contribution in [0.5, 0.6) is 0 Å². The fourth-order valence-electron chi connectivity index (χ4n) is 2.11. The lowest BCUT2D eigenvalue weighted by Crippen LogP contribution is -2.35. The molecule has 0 amide bonds. The maximum absolute atomic E-state index is 12.0. The fraction of sp³-hybridized carbons (Fsp3) is 0.250. The van der Waals surface area contributed by atoms with E-state index < -0.39 is 90.5 Å². The van der Waals surface area contributed by atoms with E-state index in [4.69, 9.17) is 20.4 Å². The van der Waals surface area contributed by atoms with Crippen molar-refractivity contribution >= 4 is 56.1 Å². The fourth-order valence-corrected chi connectivity index (χ4v) is 4.14. The number of carbonyl (C=O) groups is 6. The van der Waals surface area contributed by atoms with Crippen molar-refractivity contribution in [3.8, 4) is 0 Å². The first-order chi connectivity index (χ1) is 15.5. The quantitative estimate of drug-likeness (QED) is 0.226. The molecule has 0 bridgehead atoms. The number of rotatable bonds is 12. The van der Waals surface area contributed by atoms with Crippen LogP contribution in [0.25, 0.3) is 0 Å². The number of carboxylic acids is 4. The van der Waals surface area contributed by atoms with E-state index in [0.717, 1.165) is 24.3 Å². The van der Waals surface area contributed by atoms with Crippen molar-refractivity contribution in [2.45, 2.75) is 23.3 Å². The van der Waals surface area contributed by atoms with Crippen LogP contribution in [-0.2, 0) is 47.8 Å². The van der Waals surface area contributed by atoms with Gasteiger partial charge in [-0.15, -0.1) is 0 Å². The number of hydrogen-bond acceptors (Lipinski definition) is 12. The minimum atomic E-state index is -5.25. The molecule has 0 aromatic heterocycles. The van der Waals surface area contributed by atoms with Crippen molar-refractivity contribution in [2.75, 3.05) is 0 Å². The van der Waals surface area contributed by atoms with Crippen LogP contribution in [0.1, 0.15) is 33.6 Å². The van der Waals surface area contributed by atoms with E-state index in [-0.39, 0.29) is 0 Å². The van der Waals surface area contributed by atoms with E-state index in [9.17, 15) is 45.6 Å². The monoisotopic (exact) mass is 526 g/mol. The highest BCUT2D eigenvalue weighted by Gasteiger charge is 2.39. The van der Waals surface area contributed by atoms with Gasteiger partial charge in [-0.05, 0) is 24.3 Å². The zero-order valence-electron chi connectivity index (χ0n) is 16.4. The molecule has 0 fully saturated rings. The molecule has 1 rings (SSSR count). The standard InChI is InChI=1S/C16H14O16S2/c17-11(18)5-9(13(21)22)33(27,28)31-15(25)7-1-2-8(4-3-7)16(26)32-34(29,30)10(14(23)24)6-12(19)20/h1-4,9-10H,5-6H2,(H,17,18)(H,19,20)(H,21,22)(H,23,24). The van der Waals surface area contributed by atoms with Crippen molar-refractivity contribution in [1.82, 2.24) is 0 Å². The van der Waals surface area contributed by atoms with Crippen molar-refractivity contribution in [2.24, 2.45) is 0 Å². The molecule has 2 unspecified atom stereocenters. The van der Waals surface area contributed by atoms with Gasteiger partial charge in [0.1, 0.15) is 0 Å². The summed E-state index contributed by atoms with van der Waals surface area (Å²) in [7, 11) is -10.5. The van der Waals surface area contributed by atoms with E-state index in [1.807, 2.05) is 0 Å². The second kappa shape index (κ2) is 10.7. The lowest BCUT2D eigenvalue weighted by molar-refractivity contribution is -0.143. The Balaban J connectivity index is 3.03. The van der Waals surface area contributed by atoms with Gasteiger partial charge in [-0.1, -0.05) is 0 Å². The van der Waals surface area contributed by atoms with Crippen LogP contribution in [0, 0.1) is 0 Å². The number of aliphatic carboxylic acids is 4. The molecule has 0 saturated heterocycles. The molecule has 1 aromatic rings. The third-order valence-corrected chi connectivity index (χ3v) is 6.61. The van der Waals surface area contributed by atoms with Gasteiger partial charge in [-0.2, -0.15) is 16.8 Å². The predicted molar refractivity (Wildman–Crippen MR) is 102 cm³/mol. The summed E-state index contributed by atoms with van der Waals surface area (Å²) < 4.78 is 55.8. The van der Waals surface area contributed by atoms with Crippen LogP contribution >= 0.6 is 0 Å². The third-order valence-electron chi connectivity index (χ3n) is 3.71. The second-order valence-corrected chi connectivity index (χ2v) is 9.60. The molecule has 4 N–H and O–H groups in total. The smallest absolute Gasteiger partial charge is 0.353 e. The summed E-state index contributed by atoms with van der Waals surface area (Å²) in [4.78, 5) is 67.2. The molecule has 16 nitrogen and oxygen atoms in total. The van der Waals surface area contributed by atoms with Gasteiger partial charge in [0.05, 0.1) is 24.0 Å². The van der Waals surface area contributed by atoms with Crippen molar-refractivity contribution in [3.63, 3.8) is 0 Å². The molecule has 0 radical (unpaired) electrons. The molecule has 34 heavy (non-hydrogen) atoms. The number of carbonyl (C=O) groups excluding carboxylic acids is 2. The van der Waals surface area contributed by atoms with E-state index in [0.29, 0.717) is 0 Å². The van der Waals surface area contributed by atoms with Crippen LogP contribution in [0.3, 0.4) is 0 Å². The molecule has 0 aliphatic heterocycles. The summed E-state index contributed by atoms with van der Waals surface area (Å²) in [5, 5.41) is 29.7. The first-order valence-electron chi connectivity index (χ1n) is 8.42. The van der Waals surface area contributed by atoms with Gasteiger partial charge in [0.2, 0.25) is 10.5 Å². The Morgan fingerprint density at radius 3 is 1.09 bits per heavy atom. The molecule has 0 heterocycles. The molecule has 0 aliphatic rings. The lowest BCUT2D eigenvalue weighted by Gasteiger charge is -2.12. The van der Waals surface area contributed by atoms with Crippen molar-refractivity contribution in [3.05, 3.63) is 35.4 Å². The van der Waals surface area contributed by atoms with E-state index >= 15 is 0 Å². The largest absolute Gasteiger partial charge is 0.481 e. The van der Waals surface area contributed by atoms with E-state index in [1.54, 1.807) is 0 Å². The Kier molecular flexibility index (Phi) is 8.81. The SMILES string of the molecule is O=C(O)CC(C(=O)O)S(=O)(=O)OC(=O)c1ccc(C(=O)OS(=O)(=O)C(CC(=O)O)C(=O)O)cc1.